The Morgan fingerprint density at radius 1 is 0.958 bits per heavy atom. The number of hydrogen-bond donors (Lipinski definition) is 2. The number of nitrogens with one attached hydrogen (secondary N) is 2. The summed E-state index contributed by atoms with van der Waals surface area (Å²) < 4.78 is 0. The molecule has 3 rings (SSSR count). The largest absolute Gasteiger partial charge is 0.372 e. The van der Waals surface area contributed by atoms with E-state index in [1.165, 1.54) is 24.1 Å². The van der Waals surface area contributed by atoms with Gasteiger partial charge in [-0.15, -0.1) is 0 Å². The molecule has 5 nitrogen and oxygen atoms in total. The van der Waals surface area contributed by atoms with Gasteiger partial charge in [0, 0.05) is 31.4 Å². The van der Waals surface area contributed by atoms with Crippen LogP contribution in [0.25, 0.3) is 0 Å². The fourth-order valence-corrected chi connectivity index (χ4v) is 3.57. The lowest BCUT2D eigenvalue weighted by molar-refractivity contribution is -0.139. The van der Waals surface area contributed by atoms with Gasteiger partial charge >= 0.3 is 11.8 Å². The van der Waals surface area contributed by atoms with E-state index in [4.69, 9.17) is 0 Å². The number of hydrogen-bond acceptors (Lipinski definition) is 3. The maximum atomic E-state index is 11.8. The summed E-state index contributed by atoms with van der Waals surface area (Å²) in [5, 5.41) is 5.52. The van der Waals surface area contributed by atoms with Crippen LogP contribution in [-0.2, 0) is 16.0 Å². The summed E-state index contributed by atoms with van der Waals surface area (Å²) in [7, 11) is 0. The highest BCUT2D eigenvalue weighted by Gasteiger charge is 2.21. The molecule has 5 heteroatoms. The Hall–Kier alpha value is -2.04. The molecule has 0 aromatic heterocycles. The number of amides is 2. The van der Waals surface area contributed by atoms with Crippen LogP contribution in [0.5, 0.6) is 0 Å². The summed E-state index contributed by atoms with van der Waals surface area (Å²) in [5.74, 6) is -1.01. The van der Waals surface area contributed by atoms with Crippen molar-refractivity contribution >= 4 is 17.5 Å². The van der Waals surface area contributed by atoms with Gasteiger partial charge in [0.05, 0.1) is 0 Å². The fraction of sp³-hybridized carbons (Fsp3) is 0.579. The molecule has 1 aliphatic heterocycles. The molecule has 2 aliphatic rings. The van der Waals surface area contributed by atoms with E-state index in [1.54, 1.807) is 0 Å². The van der Waals surface area contributed by atoms with E-state index in [1.807, 2.05) is 0 Å². The molecule has 0 unspecified atom stereocenters. The molecule has 0 radical (unpaired) electrons. The highest BCUT2D eigenvalue weighted by Crippen LogP contribution is 2.20. The Bertz CT molecular complexity index is 558. The van der Waals surface area contributed by atoms with E-state index in [2.05, 4.69) is 39.8 Å². The maximum Gasteiger partial charge on any atom is 0.309 e. The lowest BCUT2D eigenvalue weighted by Crippen LogP contribution is -2.44. The van der Waals surface area contributed by atoms with Gasteiger partial charge in [0.15, 0.2) is 0 Å². The molecule has 2 amide bonds. The minimum absolute atomic E-state index is 0.182. The Balaban J connectivity index is 1.39. The molecule has 130 valence electrons. The fourth-order valence-electron chi connectivity index (χ4n) is 3.57. The van der Waals surface area contributed by atoms with E-state index in [9.17, 15) is 9.59 Å². The van der Waals surface area contributed by atoms with E-state index in [-0.39, 0.29) is 6.04 Å². The number of carbonyl (C=O) groups excluding carboxylic acids is 2. The number of benzene rings is 1. The van der Waals surface area contributed by atoms with Gasteiger partial charge in [-0.05, 0) is 49.8 Å². The molecule has 1 saturated heterocycles. The zero-order valence-corrected chi connectivity index (χ0v) is 14.2. The van der Waals surface area contributed by atoms with Crippen molar-refractivity contribution in [3.05, 3.63) is 29.8 Å². The first-order valence-corrected chi connectivity index (χ1v) is 9.15. The van der Waals surface area contributed by atoms with Crippen LogP contribution in [0, 0.1) is 0 Å². The smallest absolute Gasteiger partial charge is 0.309 e. The summed E-state index contributed by atoms with van der Waals surface area (Å²) in [6.45, 7) is 2.77. The molecule has 1 heterocycles. The van der Waals surface area contributed by atoms with Gasteiger partial charge < -0.3 is 15.5 Å². The molecular formula is C19H27N3O2. The second kappa shape index (κ2) is 8.18. The SMILES string of the molecule is O=C(NCCc1ccc(N2CCCC2)cc1)C(=O)NC1CCCC1. The molecule has 1 aliphatic carbocycles. The third-order valence-corrected chi connectivity index (χ3v) is 5.00. The lowest BCUT2D eigenvalue weighted by atomic mass is 10.1. The van der Waals surface area contributed by atoms with Gasteiger partial charge in [-0.25, -0.2) is 0 Å². The molecule has 1 aromatic carbocycles. The van der Waals surface area contributed by atoms with Crippen molar-refractivity contribution in [2.75, 3.05) is 24.5 Å². The van der Waals surface area contributed by atoms with E-state index < -0.39 is 11.8 Å². The second-order valence-corrected chi connectivity index (χ2v) is 6.82. The average molecular weight is 329 g/mol. The van der Waals surface area contributed by atoms with Crippen molar-refractivity contribution in [1.29, 1.82) is 0 Å². The molecule has 1 saturated carbocycles. The van der Waals surface area contributed by atoms with Gasteiger partial charge in [0.25, 0.3) is 0 Å². The van der Waals surface area contributed by atoms with Crippen LogP contribution >= 0.6 is 0 Å². The predicted octanol–water partition coefficient (Wildman–Crippen LogP) is 2.00. The molecule has 24 heavy (non-hydrogen) atoms. The summed E-state index contributed by atoms with van der Waals surface area (Å²) in [4.78, 5) is 26.0. The first kappa shape index (κ1) is 16.8. The van der Waals surface area contributed by atoms with Crippen molar-refractivity contribution in [1.82, 2.24) is 10.6 Å². The van der Waals surface area contributed by atoms with Crippen LogP contribution < -0.4 is 15.5 Å². The molecule has 2 fully saturated rings. The van der Waals surface area contributed by atoms with Crippen molar-refractivity contribution in [3.63, 3.8) is 0 Å². The van der Waals surface area contributed by atoms with Gasteiger partial charge in [0.2, 0.25) is 0 Å². The van der Waals surface area contributed by atoms with E-state index in [0.29, 0.717) is 6.54 Å². The predicted molar refractivity (Wildman–Crippen MR) is 95.0 cm³/mol. The molecule has 0 bridgehead atoms. The molecule has 2 N–H and O–H groups in total. The topological polar surface area (TPSA) is 61.4 Å². The Morgan fingerprint density at radius 2 is 1.62 bits per heavy atom. The molecule has 1 aromatic rings. The summed E-state index contributed by atoms with van der Waals surface area (Å²) in [6, 6.07) is 8.70. The van der Waals surface area contributed by atoms with E-state index in [0.717, 1.165) is 45.2 Å². The van der Waals surface area contributed by atoms with Gasteiger partial charge in [-0.3, -0.25) is 9.59 Å². The van der Waals surface area contributed by atoms with Gasteiger partial charge in [-0.1, -0.05) is 25.0 Å². The quantitative estimate of drug-likeness (QED) is 0.812. The molecule has 0 atom stereocenters. The third-order valence-electron chi connectivity index (χ3n) is 5.00. The lowest BCUT2D eigenvalue weighted by Gasteiger charge is -2.17. The van der Waals surface area contributed by atoms with Gasteiger partial charge in [-0.2, -0.15) is 0 Å². The van der Waals surface area contributed by atoms with Crippen LogP contribution in [0.4, 0.5) is 5.69 Å². The third kappa shape index (κ3) is 4.49. The first-order valence-electron chi connectivity index (χ1n) is 9.15. The monoisotopic (exact) mass is 329 g/mol. The van der Waals surface area contributed by atoms with Crippen LogP contribution in [0.2, 0.25) is 0 Å². The molecular weight excluding hydrogens is 302 g/mol. The standard InChI is InChI=1S/C19H27N3O2/c23-18(19(24)21-16-5-1-2-6-16)20-12-11-15-7-9-17(10-8-15)22-13-3-4-14-22/h7-10,16H,1-6,11-14H2,(H,20,23)(H,21,24). The highest BCUT2D eigenvalue weighted by atomic mass is 16.2. The van der Waals surface area contributed by atoms with Crippen LogP contribution in [0.3, 0.4) is 0 Å². The number of carbonyl (C=O) groups is 2. The number of anilines is 1. The van der Waals surface area contributed by atoms with E-state index >= 15 is 0 Å². The summed E-state index contributed by atoms with van der Waals surface area (Å²) >= 11 is 0. The number of nitrogens with zero attached hydrogens (tertiary/aromatic N) is 1. The summed E-state index contributed by atoms with van der Waals surface area (Å²) in [6.07, 6.45) is 7.54. The highest BCUT2D eigenvalue weighted by molar-refractivity contribution is 6.35. The second-order valence-electron chi connectivity index (χ2n) is 6.82. The van der Waals surface area contributed by atoms with Crippen LogP contribution in [-0.4, -0.2) is 37.5 Å². The first-order chi connectivity index (χ1) is 11.7. The Labute approximate surface area is 143 Å². The minimum atomic E-state index is -0.518. The molecule has 0 spiro atoms. The van der Waals surface area contributed by atoms with Crippen molar-refractivity contribution in [3.8, 4) is 0 Å². The average Bonchev–Trinajstić information content (AvgIpc) is 3.29. The van der Waals surface area contributed by atoms with Crippen molar-refractivity contribution < 1.29 is 9.59 Å². The maximum absolute atomic E-state index is 11.8. The van der Waals surface area contributed by atoms with Crippen LogP contribution in [0.15, 0.2) is 24.3 Å². The number of rotatable bonds is 5. The zero-order chi connectivity index (χ0) is 16.8. The minimum Gasteiger partial charge on any atom is -0.372 e. The Morgan fingerprint density at radius 3 is 2.29 bits per heavy atom. The van der Waals surface area contributed by atoms with Crippen molar-refractivity contribution in [2.24, 2.45) is 0 Å². The van der Waals surface area contributed by atoms with Gasteiger partial charge in [0.1, 0.15) is 0 Å². The summed E-state index contributed by atoms with van der Waals surface area (Å²) in [5.41, 5.74) is 2.45. The van der Waals surface area contributed by atoms with Crippen molar-refractivity contribution in [2.45, 2.75) is 51.0 Å². The zero-order valence-electron chi connectivity index (χ0n) is 14.2. The normalized spacial score (nSPS) is 17.9. The Kier molecular flexibility index (Phi) is 5.72. The van der Waals surface area contributed by atoms with Crippen LogP contribution in [0.1, 0.15) is 44.1 Å².